The quantitative estimate of drug-likeness (QED) is 0.684. The Morgan fingerprint density at radius 2 is 2.15 bits per heavy atom. The Balaban J connectivity index is 2.06. The Bertz CT molecular complexity index is 164. The maximum atomic E-state index is 10.4. The van der Waals surface area contributed by atoms with Crippen LogP contribution in [0.4, 0.5) is 0 Å². The molecule has 0 amide bonds. The van der Waals surface area contributed by atoms with Gasteiger partial charge >= 0.3 is 5.97 Å². The van der Waals surface area contributed by atoms with Crippen molar-refractivity contribution in [1.82, 2.24) is 5.32 Å². The Kier molecular flexibility index (Phi) is 4.22. The van der Waals surface area contributed by atoms with E-state index in [2.05, 4.69) is 5.32 Å². The van der Waals surface area contributed by atoms with E-state index in [0.717, 1.165) is 6.54 Å². The van der Waals surface area contributed by atoms with Crippen LogP contribution >= 0.6 is 0 Å². The second-order valence-corrected chi connectivity index (χ2v) is 4.09. The van der Waals surface area contributed by atoms with Crippen molar-refractivity contribution >= 4 is 5.97 Å². The standard InChI is InChI=1S/C10H19NO2/c1-8(6-10(12)13)7-11-9-4-2-3-5-9/h8-9,11H,2-7H2,1H3,(H,12,13). The molecule has 1 fully saturated rings. The highest BCUT2D eigenvalue weighted by molar-refractivity contribution is 5.66. The van der Waals surface area contributed by atoms with Crippen molar-refractivity contribution in [1.29, 1.82) is 0 Å². The summed E-state index contributed by atoms with van der Waals surface area (Å²) in [7, 11) is 0. The van der Waals surface area contributed by atoms with Crippen LogP contribution in [0.25, 0.3) is 0 Å². The van der Waals surface area contributed by atoms with Gasteiger partial charge in [0.25, 0.3) is 0 Å². The third kappa shape index (κ3) is 4.27. The SMILES string of the molecule is CC(CNC1CCCC1)CC(=O)O. The minimum atomic E-state index is -0.694. The summed E-state index contributed by atoms with van der Waals surface area (Å²) in [5, 5.41) is 12.0. The van der Waals surface area contributed by atoms with Crippen LogP contribution in [-0.2, 0) is 4.79 Å². The zero-order valence-electron chi connectivity index (χ0n) is 8.25. The van der Waals surface area contributed by atoms with Gasteiger partial charge in [-0.2, -0.15) is 0 Å². The molecule has 1 saturated carbocycles. The van der Waals surface area contributed by atoms with E-state index < -0.39 is 5.97 Å². The van der Waals surface area contributed by atoms with Gasteiger partial charge in [0.15, 0.2) is 0 Å². The second-order valence-electron chi connectivity index (χ2n) is 4.09. The number of nitrogens with one attached hydrogen (secondary N) is 1. The summed E-state index contributed by atoms with van der Waals surface area (Å²) in [4.78, 5) is 10.4. The van der Waals surface area contributed by atoms with Crippen LogP contribution in [0.15, 0.2) is 0 Å². The van der Waals surface area contributed by atoms with Crippen molar-refractivity contribution in [2.75, 3.05) is 6.54 Å². The Morgan fingerprint density at radius 1 is 1.54 bits per heavy atom. The van der Waals surface area contributed by atoms with Gasteiger partial charge in [-0.05, 0) is 25.3 Å². The number of carbonyl (C=O) groups is 1. The highest BCUT2D eigenvalue weighted by Crippen LogP contribution is 2.17. The normalized spacial score (nSPS) is 20.4. The van der Waals surface area contributed by atoms with Crippen molar-refractivity contribution in [3.05, 3.63) is 0 Å². The van der Waals surface area contributed by atoms with Crippen molar-refractivity contribution < 1.29 is 9.90 Å². The molecule has 1 atom stereocenters. The monoisotopic (exact) mass is 185 g/mol. The van der Waals surface area contributed by atoms with Gasteiger partial charge in [0.1, 0.15) is 0 Å². The first-order chi connectivity index (χ1) is 6.18. The molecule has 0 bridgehead atoms. The minimum absolute atomic E-state index is 0.248. The molecule has 13 heavy (non-hydrogen) atoms. The molecule has 0 aliphatic heterocycles. The fraction of sp³-hybridized carbons (Fsp3) is 0.900. The minimum Gasteiger partial charge on any atom is -0.481 e. The molecule has 3 heteroatoms. The Morgan fingerprint density at radius 3 is 2.69 bits per heavy atom. The van der Waals surface area contributed by atoms with Crippen LogP contribution in [0.1, 0.15) is 39.0 Å². The van der Waals surface area contributed by atoms with E-state index >= 15 is 0 Å². The summed E-state index contributed by atoms with van der Waals surface area (Å²) in [5.41, 5.74) is 0. The van der Waals surface area contributed by atoms with Crippen LogP contribution in [0, 0.1) is 5.92 Å². The molecule has 1 rings (SSSR count). The summed E-state index contributed by atoms with van der Waals surface area (Å²) < 4.78 is 0. The Hall–Kier alpha value is -0.570. The van der Waals surface area contributed by atoms with Crippen LogP contribution in [0.3, 0.4) is 0 Å². The summed E-state index contributed by atoms with van der Waals surface area (Å²) in [6.45, 7) is 2.83. The number of carboxylic acid groups (broad SMARTS) is 1. The third-order valence-corrected chi connectivity index (χ3v) is 2.63. The molecule has 1 aliphatic rings. The lowest BCUT2D eigenvalue weighted by atomic mass is 10.1. The van der Waals surface area contributed by atoms with Crippen molar-refractivity contribution in [3.63, 3.8) is 0 Å². The van der Waals surface area contributed by atoms with Crippen LogP contribution in [0.2, 0.25) is 0 Å². The summed E-state index contributed by atoms with van der Waals surface area (Å²) in [5.74, 6) is -0.446. The van der Waals surface area contributed by atoms with E-state index in [1.54, 1.807) is 0 Å². The number of hydrogen-bond donors (Lipinski definition) is 2. The third-order valence-electron chi connectivity index (χ3n) is 2.63. The first-order valence-corrected chi connectivity index (χ1v) is 5.13. The first kappa shape index (κ1) is 10.5. The first-order valence-electron chi connectivity index (χ1n) is 5.13. The second kappa shape index (κ2) is 5.22. The highest BCUT2D eigenvalue weighted by atomic mass is 16.4. The van der Waals surface area contributed by atoms with Crippen LogP contribution < -0.4 is 5.32 Å². The lowest BCUT2D eigenvalue weighted by molar-refractivity contribution is -0.137. The molecule has 0 aromatic heterocycles. The molecule has 1 aliphatic carbocycles. The van der Waals surface area contributed by atoms with Gasteiger partial charge in [0, 0.05) is 12.5 Å². The van der Waals surface area contributed by atoms with Crippen molar-refractivity contribution in [2.24, 2.45) is 5.92 Å². The maximum Gasteiger partial charge on any atom is 0.303 e. The zero-order valence-corrected chi connectivity index (χ0v) is 8.25. The molecular weight excluding hydrogens is 166 g/mol. The van der Waals surface area contributed by atoms with E-state index in [0.29, 0.717) is 6.04 Å². The molecule has 0 aromatic rings. The van der Waals surface area contributed by atoms with E-state index in [-0.39, 0.29) is 12.3 Å². The van der Waals surface area contributed by atoms with Crippen LogP contribution in [-0.4, -0.2) is 23.7 Å². The molecule has 0 spiro atoms. The summed E-state index contributed by atoms with van der Waals surface area (Å²) in [6, 6.07) is 0.649. The van der Waals surface area contributed by atoms with E-state index in [9.17, 15) is 4.79 Å². The number of aliphatic carboxylic acids is 1. The van der Waals surface area contributed by atoms with Gasteiger partial charge in [-0.15, -0.1) is 0 Å². The average Bonchev–Trinajstić information content (AvgIpc) is 2.51. The molecular formula is C10H19NO2. The average molecular weight is 185 g/mol. The highest BCUT2D eigenvalue weighted by Gasteiger charge is 2.15. The van der Waals surface area contributed by atoms with Gasteiger partial charge < -0.3 is 10.4 Å². The lowest BCUT2D eigenvalue weighted by Crippen LogP contribution is -2.31. The molecule has 0 radical (unpaired) electrons. The predicted octanol–water partition coefficient (Wildman–Crippen LogP) is 1.63. The van der Waals surface area contributed by atoms with Gasteiger partial charge in [-0.1, -0.05) is 19.8 Å². The largest absolute Gasteiger partial charge is 0.481 e. The molecule has 0 aromatic carbocycles. The predicted molar refractivity (Wildman–Crippen MR) is 51.7 cm³/mol. The van der Waals surface area contributed by atoms with Crippen molar-refractivity contribution in [2.45, 2.75) is 45.1 Å². The topological polar surface area (TPSA) is 49.3 Å². The summed E-state index contributed by atoms with van der Waals surface area (Å²) >= 11 is 0. The van der Waals surface area contributed by atoms with Crippen molar-refractivity contribution in [3.8, 4) is 0 Å². The molecule has 76 valence electrons. The summed E-state index contributed by atoms with van der Waals surface area (Å²) in [6.07, 6.45) is 5.45. The van der Waals surface area contributed by atoms with Gasteiger partial charge in [-0.3, -0.25) is 4.79 Å². The molecule has 1 unspecified atom stereocenters. The molecule has 3 nitrogen and oxygen atoms in total. The zero-order chi connectivity index (χ0) is 9.68. The van der Waals surface area contributed by atoms with Gasteiger partial charge in [0.2, 0.25) is 0 Å². The van der Waals surface area contributed by atoms with Crippen LogP contribution in [0.5, 0.6) is 0 Å². The maximum absolute atomic E-state index is 10.4. The number of rotatable bonds is 5. The number of hydrogen-bond acceptors (Lipinski definition) is 2. The Labute approximate surface area is 79.5 Å². The molecule has 0 heterocycles. The van der Waals surface area contributed by atoms with E-state index in [1.807, 2.05) is 6.92 Å². The molecule has 0 saturated heterocycles. The lowest BCUT2D eigenvalue weighted by Gasteiger charge is -2.15. The smallest absolute Gasteiger partial charge is 0.303 e. The van der Waals surface area contributed by atoms with E-state index in [1.165, 1.54) is 25.7 Å². The fourth-order valence-electron chi connectivity index (χ4n) is 1.87. The van der Waals surface area contributed by atoms with Gasteiger partial charge in [0.05, 0.1) is 0 Å². The number of carboxylic acids is 1. The molecule has 2 N–H and O–H groups in total. The van der Waals surface area contributed by atoms with E-state index in [4.69, 9.17) is 5.11 Å². The van der Waals surface area contributed by atoms with Gasteiger partial charge in [-0.25, -0.2) is 0 Å². The fourth-order valence-corrected chi connectivity index (χ4v) is 1.87.